The molecule has 1 nitrogen and oxygen atoms in total. The normalized spacial score (nSPS) is 13.0. The van der Waals surface area contributed by atoms with Gasteiger partial charge in [-0.3, -0.25) is 4.79 Å². The lowest BCUT2D eigenvalue weighted by molar-refractivity contribution is -0.339. The second kappa shape index (κ2) is 6.12. The largest absolute Gasteiger partial charge is 0.460 e. The quantitative estimate of drug-likeness (QED) is 0.514. The summed E-state index contributed by atoms with van der Waals surface area (Å²) in [6.07, 6.45) is -6.64. The van der Waals surface area contributed by atoms with Crippen LogP contribution >= 0.6 is 0 Å². The monoisotopic (exact) mass is 368 g/mol. The predicted molar refractivity (Wildman–Crippen MR) is 72.1 cm³/mol. The molecule has 0 saturated heterocycles. The molecule has 0 aromatic heterocycles. The molecule has 9 heteroatoms. The number of halogens is 8. The van der Waals surface area contributed by atoms with E-state index in [0.717, 1.165) is 6.07 Å². The van der Waals surface area contributed by atoms with Gasteiger partial charge in [0, 0.05) is 11.1 Å². The van der Waals surface area contributed by atoms with Gasteiger partial charge in [0.05, 0.1) is 0 Å². The maximum Gasteiger partial charge on any atom is 0.460 e. The number of hydrogen-bond donors (Lipinski definition) is 0. The van der Waals surface area contributed by atoms with Gasteiger partial charge in [-0.1, -0.05) is 42.5 Å². The SMILES string of the molecule is O=C(c1ccc(-c2ccccc2)c(F)c1)C(F)(F)C(F)(F)C(F)(F)F. The standard InChI is InChI=1S/C16H8F8O/c17-12-8-10(6-7-11(12)9-4-2-1-3-5-9)13(25)14(18,19)15(20,21)16(22,23)24/h1-8H. The van der Waals surface area contributed by atoms with E-state index in [1.807, 2.05) is 0 Å². The number of hydrogen-bond acceptors (Lipinski definition) is 1. The van der Waals surface area contributed by atoms with Crippen molar-refractivity contribution in [1.29, 1.82) is 0 Å². The van der Waals surface area contributed by atoms with Crippen molar-refractivity contribution in [2.75, 3.05) is 0 Å². The molecule has 134 valence electrons. The summed E-state index contributed by atoms with van der Waals surface area (Å²) < 4.78 is 103. The fraction of sp³-hybridized carbons (Fsp3) is 0.188. The van der Waals surface area contributed by atoms with Crippen LogP contribution in [0.3, 0.4) is 0 Å². The zero-order valence-corrected chi connectivity index (χ0v) is 12.1. The van der Waals surface area contributed by atoms with E-state index in [1.165, 1.54) is 24.3 Å². The summed E-state index contributed by atoms with van der Waals surface area (Å²) >= 11 is 0. The van der Waals surface area contributed by atoms with Gasteiger partial charge in [-0.15, -0.1) is 0 Å². The number of carbonyl (C=O) groups excluding carboxylic acids is 1. The fourth-order valence-corrected chi connectivity index (χ4v) is 2.01. The van der Waals surface area contributed by atoms with Crippen LogP contribution in [-0.2, 0) is 0 Å². The van der Waals surface area contributed by atoms with Crippen molar-refractivity contribution >= 4 is 5.78 Å². The molecule has 0 radical (unpaired) electrons. The van der Waals surface area contributed by atoms with E-state index in [4.69, 9.17) is 0 Å². The van der Waals surface area contributed by atoms with Crippen molar-refractivity contribution in [1.82, 2.24) is 0 Å². The third-order valence-corrected chi connectivity index (χ3v) is 3.35. The van der Waals surface area contributed by atoms with Gasteiger partial charge in [0.2, 0.25) is 5.78 Å². The van der Waals surface area contributed by atoms with Crippen molar-refractivity contribution in [3.05, 3.63) is 59.9 Å². The Bertz CT molecular complexity index is 780. The van der Waals surface area contributed by atoms with Crippen LogP contribution in [0, 0.1) is 5.82 Å². The molecule has 0 aliphatic carbocycles. The lowest BCUT2D eigenvalue weighted by Gasteiger charge is -2.27. The first-order valence-electron chi connectivity index (χ1n) is 6.61. The molecule has 0 fully saturated rings. The molecule has 2 aromatic rings. The van der Waals surface area contributed by atoms with E-state index in [1.54, 1.807) is 6.07 Å². The van der Waals surface area contributed by atoms with Crippen molar-refractivity contribution in [3.8, 4) is 11.1 Å². The topological polar surface area (TPSA) is 17.1 Å². The van der Waals surface area contributed by atoms with E-state index in [-0.39, 0.29) is 11.6 Å². The van der Waals surface area contributed by atoms with Gasteiger partial charge in [-0.25, -0.2) is 4.39 Å². The summed E-state index contributed by atoms with van der Waals surface area (Å²) in [5.74, 6) is -16.7. The summed E-state index contributed by atoms with van der Waals surface area (Å²) in [7, 11) is 0. The maximum absolute atomic E-state index is 14.0. The summed E-state index contributed by atoms with van der Waals surface area (Å²) in [5.41, 5.74) is -1.14. The van der Waals surface area contributed by atoms with Crippen molar-refractivity contribution < 1.29 is 39.9 Å². The molecule has 25 heavy (non-hydrogen) atoms. The molecule has 2 rings (SSSR count). The predicted octanol–water partition coefficient (Wildman–Crippen LogP) is 5.51. The summed E-state index contributed by atoms with van der Waals surface area (Å²) in [6.45, 7) is 0. The molecule has 0 bridgehead atoms. The van der Waals surface area contributed by atoms with Crippen molar-refractivity contribution in [3.63, 3.8) is 0 Å². The number of alkyl halides is 7. The molecule has 0 amide bonds. The summed E-state index contributed by atoms with van der Waals surface area (Å²) in [4.78, 5) is 11.5. The zero-order chi connectivity index (χ0) is 19.0. The third-order valence-electron chi connectivity index (χ3n) is 3.35. The molecule has 0 aliphatic rings. The van der Waals surface area contributed by atoms with Gasteiger partial charge < -0.3 is 0 Å². The Morgan fingerprint density at radius 3 is 1.84 bits per heavy atom. The lowest BCUT2D eigenvalue weighted by atomic mass is 9.97. The Morgan fingerprint density at radius 2 is 1.36 bits per heavy atom. The molecule has 0 unspecified atom stereocenters. The van der Waals surface area contributed by atoms with E-state index in [2.05, 4.69) is 0 Å². The van der Waals surface area contributed by atoms with E-state index in [9.17, 15) is 39.9 Å². The highest BCUT2D eigenvalue weighted by atomic mass is 19.4. The van der Waals surface area contributed by atoms with Crippen molar-refractivity contribution in [2.45, 2.75) is 18.0 Å². The van der Waals surface area contributed by atoms with Gasteiger partial charge >= 0.3 is 18.0 Å². The second-order valence-corrected chi connectivity index (χ2v) is 5.04. The highest BCUT2D eigenvalue weighted by Gasteiger charge is 2.76. The summed E-state index contributed by atoms with van der Waals surface area (Å²) in [6, 6.07) is 9.19. The van der Waals surface area contributed by atoms with Crippen LogP contribution in [0.4, 0.5) is 35.1 Å². The molecule has 2 aromatic carbocycles. The van der Waals surface area contributed by atoms with E-state index >= 15 is 0 Å². The second-order valence-electron chi connectivity index (χ2n) is 5.04. The minimum absolute atomic E-state index is 0.136. The number of carbonyl (C=O) groups is 1. The molecule has 0 heterocycles. The van der Waals surface area contributed by atoms with Crippen LogP contribution in [-0.4, -0.2) is 23.8 Å². The molecule has 0 aliphatic heterocycles. The van der Waals surface area contributed by atoms with Crippen molar-refractivity contribution in [2.24, 2.45) is 0 Å². The molecular formula is C16H8F8O. The first kappa shape index (κ1) is 18.9. The third kappa shape index (κ3) is 3.22. The number of benzene rings is 2. The Kier molecular flexibility index (Phi) is 4.63. The van der Waals surface area contributed by atoms with Crippen LogP contribution in [0.5, 0.6) is 0 Å². The maximum atomic E-state index is 14.0. The molecule has 0 saturated carbocycles. The van der Waals surface area contributed by atoms with Crippen LogP contribution < -0.4 is 0 Å². The van der Waals surface area contributed by atoms with Crippen LogP contribution in [0.2, 0.25) is 0 Å². The van der Waals surface area contributed by atoms with E-state index in [0.29, 0.717) is 11.6 Å². The first-order valence-corrected chi connectivity index (χ1v) is 6.61. The number of ketones is 1. The first-order chi connectivity index (χ1) is 11.4. The van der Waals surface area contributed by atoms with Crippen LogP contribution in [0.25, 0.3) is 11.1 Å². The van der Waals surface area contributed by atoms with Gasteiger partial charge in [-0.2, -0.15) is 30.7 Å². The Labute approximate surface area is 135 Å². The highest BCUT2D eigenvalue weighted by molar-refractivity contribution is 6.02. The van der Waals surface area contributed by atoms with Crippen LogP contribution in [0.1, 0.15) is 10.4 Å². The summed E-state index contributed by atoms with van der Waals surface area (Å²) in [5, 5.41) is 0. The van der Waals surface area contributed by atoms with Gasteiger partial charge in [0.1, 0.15) is 5.82 Å². The zero-order valence-electron chi connectivity index (χ0n) is 12.1. The minimum atomic E-state index is -6.64. The Morgan fingerprint density at radius 1 is 0.800 bits per heavy atom. The van der Waals surface area contributed by atoms with E-state index < -0.39 is 35.2 Å². The van der Waals surface area contributed by atoms with Gasteiger partial charge in [0.15, 0.2) is 0 Å². The molecule has 0 N–H and O–H groups in total. The average molecular weight is 368 g/mol. The molecular weight excluding hydrogens is 360 g/mol. The minimum Gasteiger partial charge on any atom is -0.287 e. The van der Waals surface area contributed by atoms with Crippen LogP contribution in [0.15, 0.2) is 48.5 Å². The Balaban J connectivity index is 2.43. The molecule has 0 atom stereocenters. The van der Waals surface area contributed by atoms with Gasteiger partial charge in [0.25, 0.3) is 0 Å². The number of rotatable bonds is 4. The average Bonchev–Trinajstić information content (AvgIpc) is 2.53. The molecule has 0 spiro atoms. The lowest BCUT2D eigenvalue weighted by Crippen LogP contribution is -2.56. The smallest absolute Gasteiger partial charge is 0.287 e. The Hall–Kier alpha value is -2.45. The highest BCUT2D eigenvalue weighted by Crippen LogP contribution is 2.47. The number of Topliss-reactive ketones (excluding diaryl/α,β-unsaturated/α-hetero) is 1. The fourth-order valence-electron chi connectivity index (χ4n) is 2.01. The van der Waals surface area contributed by atoms with Gasteiger partial charge in [-0.05, 0) is 11.6 Å².